The molecule has 3 nitrogen and oxygen atoms in total. The minimum atomic E-state index is 0.125. The Bertz CT molecular complexity index is 102. The van der Waals surface area contributed by atoms with Gasteiger partial charge in [0.15, 0.2) is 0 Å². The molecule has 0 bridgehead atoms. The Morgan fingerprint density at radius 2 is 2.45 bits per heavy atom. The lowest BCUT2D eigenvalue weighted by Crippen LogP contribution is -2.36. The van der Waals surface area contributed by atoms with Gasteiger partial charge in [0, 0.05) is 19.3 Å². The lowest BCUT2D eigenvalue weighted by atomic mass is 9.93. The fourth-order valence-corrected chi connectivity index (χ4v) is 1.49. The van der Waals surface area contributed by atoms with Crippen LogP contribution in [0.3, 0.4) is 0 Å². The van der Waals surface area contributed by atoms with Gasteiger partial charge in [-0.3, -0.25) is 0 Å². The van der Waals surface area contributed by atoms with Gasteiger partial charge in [-0.2, -0.15) is 0 Å². The smallest absolute Gasteiger partial charge is 0.0509 e. The summed E-state index contributed by atoms with van der Waals surface area (Å²) in [4.78, 5) is 0. The van der Waals surface area contributed by atoms with E-state index in [1.54, 1.807) is 0 Å². The van der Waals surface area contributed by atoms with Gasteiger partial charge in [-0.05, 0) is 25.2 Å². The van der Waals surface area contributed by atoms with Crippen molar-refractivity contribution in [2.24, 2.45) is 11.7 Å². The number of ether oxygens (including phenoxy) is 1. The molecular formula is C8H17NO2. The summed E-state index contributed by atoms with van der Waals surface area (Å²) in [5.74, 6) is 0.468. The van der Waals surface area contributed by atoms with E-state index in [2.05, 4.69) is 0 Å². The summed E-state index contributed by atoms with van der Waals surface area (Å²) in [5.41, 5.74) is 5.82. The maximum atomic E-state index is 8.65. The molecule has 0 aliphatic carbocycles. The van der Waals surface area contributed by atoms with E-state index in [-0.39, 0.29) is 12.6 Å². The highest BCUT2D eigenvalue weighted by Gasteiger charge is 2.20. The first-order chi connectivity index (χ1) is 5.34. The van der Waals surface area contributed by atoms with Crippen LogP contribution in [0.2, 0.25) is 0 Å². The van der Waals surface area contributed by atoms with E-state index in [4.69, 9.17) is 15.6 Å². The molecular weight excluding hydrogens is 142 g/mol. The van der Waals surface area contributed by atoms with Crippen molar-refractivity contribution in [2.45, 2.75) is 25.3 Å². The van der Waals surface area contributed by atoms with Crippen molar-refractivity contribution in [3.63, 3.8) is 0 Å². The van der Waals surface area contributed by atoms with E-state index in [1.165, 1.54) is 0 Å². The first-order valence-corrected chi connectivity index (χ1v) is 4.28. The summed E-state index contributed by atoms with van der Waals surface area (Å²) in [6, 6.07) is 0.125. The number of hydrogen-bond acceptors (Lipinski definition) is 3. The summed E-state index contributed by atoms with van der Waals surface area (Å²) in [7, 11) is 0. The van der Waals surface area contributed by atoms with Gasteiger partial charge in [0.05, 0.1) is 6.61 Å². The average Bonchev–Trinajstić information content (AvgIpc) is 2.07. The SMILES string of the molecule is NC(CCO)C1CCCOC1. The molecule has 0 amide bonds. The highest BCUT2D eigenvalue weighted by molar-refractivity contribution is 4.74. The van der Waals surface area contributed by atoms with Gasteiger partial charge in [-0.15, -0.1) is 0 Å². The van der Waals surface area contributed by atoms with E-state index in [1.807, 2.05) is 0 Å². The summed E-state index contributed by atoms with van der Waals surface area (Å²) in [5, 5.41) is 8.65. The van der Waals surface area contributed by atoms with Gasteiger partial charge in [-0.1, -0.05) is 0 Å². The van der Waals surface area contributed by atoms with Gasteiger partial charge in [0.1, 0.15) is 0 Å². The minimum absolute atomic E-state index is 0.125. The maximum absolute atomic E-state index is 8.65. The molecule has 0 aromatic rings. The van der Waals surface area contributed by atoms with Crippen LogP contribution in [0, 0.1) is 5.92 Å². The Kier molecular flexibility index (Phi) is 3.83. The van der Waals surface area contributed by atoms with Gasteiger partial charge < -0.3 is 15.6 Å². The topological polar surface area (TPSA) is 55.5 Å². The quantitative estimate of drug-likeness (QED) is 0.615. The van der Waals surface area contributed by atoms with Crippen molar-refractivity contribution in [3.05, 3.63) is 0 Å². The Morgan fingerprint density at radius 1 is 1.64 bits per heavy atom. The summed E-state index contributed by atoms with van der Waals surface area (Å²) < 4.78 is 5.29. The predicted octanol–water partition coefficient (Wildman–Crippen LogP) is 0.123. The zero-order chi connectivity index (χ0) is 8.10. The highest BCUT2D eigenvalue weighted by Crippen LogP contribution is 2.17. The van der Waals surface area contributed by atoms with Crippen LogP contribution < -0.4 is 5.73 Å². The van der Waals surface area contributed by atoms with Crippen LogP contribution in [0.15, 0.2) is 0 Å². The van der Waals surface area contributed by atoms with Crippen molar-refractivity contribution < 1.29 is 9.84 Å². The molecule has 1 aliphatic rings. The second-order valence-electron chi connectivity index (χ2n) is 3.15. The van der Waals surface area contributed by atoms with Crippen LogP contribution in [-0.2, 0) is 4.74 Å². The molecule has 0 aromatic heterocycles. The third kappa shape index (κ3) is 2.77. The normalized spacial score (nSPS) is 28.4. The van der Waals surface area contributed by atoms with E-state index in [9.17, 15) is 0 Å². The van der Waals surface area contributed by atoms with Crippen LogP contribution in [0.5, 0.6) is 0 Å². The van der Waals surface area contributed by atoms with Gasteiger partial charge >= 0.3 is 0 Å². The largest absolute Gasteiger partial charge is 0.396 e. The molecule has 0 spiro atoms. The Hall–Kier alpha value is -0.120. The fourth-order valence-electron chi connectivity index (χ4n) is 1.49. The van der Waals surface area contributed by atoms with Crippen molar-refractivity contribution in [1.29, 1.82) is 0 Å². The van der Waals surface area contributed by atoms with Crippen LogP contribution >= 0.6 is 0 Å². The molecule has 0 radical (unpaired) electrons. The highest BCUT2D eigenvalue weighted by atomic mass is 16.5. The van der Waals surface area contributed by atoms with Crippen LogP contribution in [0.25, 0.3) is 0 Å². The first kappa shape index (κ1) is 8.97. The molecule has 1 fully saturated rings. The fraction of sp³-hybridized carbons (Fsp3) is 1.00. The average molecular weight is 159 g/mol. The summed E-state index contributed by atoms with van der Waals surface area (Å²) >= 11 is 0. The number of hydrogen-bond donors (Lipinski definition) is 2. The van der Waals surface area contributed by atoms with E-state index >= 15 is 0 Å². The maximum Gasteiger partial charge on any atom is 0.0509 e. The minimum Gasteiger partial charge on any atom is -0.396 e. The number of nitrogens with two attached hydrogens (primary N) is 1. The zero-order valence-corrected chi connectivity index (χ0v) is 6.83. The molecule has 3 N–H and O–H groups in total. The van der Waals surface area contributed by atoms with Crippen LogP contribution in [-0.4, -0.2) is 31.0 Å². The van der Waals surface area contributed by atoms with Crippen molar-refractivity contribution in [3.8, 4) is 0 Å². The molecule has 1 saturated heterocycles. The van der Waals surface area contributed by atoms with Crippen molar-refractivity contribution >= 4 is 0 Å². The molecule has 1 aliphatic heterocycles. The van der Waals surface area contributed by atoms with E-state index < -0.39 is 0 Å². The second-order valence-corrected chi connectivity index (χ2v) is 3.15. The van der Waals surface area contributed by atoms with Crippen LogP contribution in [0.4, 0.5) is 0 Å². The molecule has 11 heavy (non-hydrogen) atoms. The Morgan fingerprint density at radius 3 is 3.00 bits per heavy atom. The molecule has 2 atom stereocenters. The van der Waals surface area contributed by atoms with Gasteiger partial charge in [-0.25, -0.2) is 0 Å². The predicted molar refractivity (Wildman–Crippen MR) is 43.2 cm³/mol. The van der Waals surface area contributed by atoms with Crippen molar-refractivity contribution in [1.82, 2.24) is 0 Å². The monoisotopic (exact) mass is 159 g/mol. The summed E-state index contributed by atoms with van der Waals surface area (Å²) in [6.07, 6.45) is 2.97. The summed E-state index contributed by atoms with van der Waals surface area (Å²) in [6.45, 7) is 1.85. The lowest BCUT2D eigenvalue weighted by Gasteiger charge is -2.26. The standard InChI is InChI=1S/C8H17NO2/c9-8(3-4-10)7-2-1-5-11-6-7/h7-8,10H,1-6,9H2. The molecule has 3 heteroatoms. The van der Waals surface area contributed by atoms with E-state index in [0.29, 0.717) is 12.3 Å². The number of rotatable bonds is 3. The number of aliphatic hydroxyl groups is 1. The molecule has 2 unspecified atom stereocenters. The third-order valence-corrected chi connectivity index (χ3v) is 2.26. The Balaban J connectivity index is 2.21. The molecule has 1 heterocycles. The molecule has 0 aromatic carbocycles. The first-order valence-electron chi connectivity index (χ1n) is 4.28. The lowest BCUT2D eigenvalue weighted by molar-refractivity contribution is 0.0414. The Labute approximate surface area is 67.5 Å². The van der Waals surface area contributed by atoms with Crippen LogP contribution in [0.1, 0.15) is 19.3 Å². The third-order valence-electron chi connectivity index (χ3n) is 2.26. The van der Waals surface area contributed by atoms with Gasteiger partial charge in [0.25, 0.3) is 0 Å². The molecule has 66 valence electrons. The number of aliphatic hydroxyl groups excluding tert-OH is 1. The van der Waals surface area contributed by atoms with Crippen molar-refractivity contribution in [2.75, 3.05) is 19.8 Å². The molecule has 0 saturated carbocycles. The molecule has 1 rings (SSSR count). The van der Waals surface area contributed by atoms with Gasteiger partial charge in [0.2, 0.25) is 0 Å². The van der Waals surface area contributed by atoms with E-state index in [0.717, 1.165) is 26.1 Å². The zero-order valence-electron chi connectivity index (χ0n) is 6.83. The second kappa shape index (κ2) is 4.70.